The van der Waals surface area contributed by atoms with Crippen molar-refractivity contribution in [2.45, 2.75) is 39.2 Å². The lowest BCUT2D eigenvalue weighted by Gasteiger charge is -2.34. The van der Waals surface area contributed by atoms with E-state index in [4.69, 9.17) is 9.57 Å². The van der Waals surface area contributed by atoms with Gasteiger partial charge in [0.1, 0.15) is 5.60 Å². The summed E-state index contributed by atoms with van der Waals surface area (Å²) in [6.07, 6.45) is 1.21. The van der Waals surface area contributed by atoms with Crippen molar-refractivity contribution < 1.29 is 19.2 Å². The lowest BCUT2D eigenvalue weighted by atomic mass is 9.97. The number of piperidine rings is 1. The number of likely N-dealkylation sites (tertiary alicyclic amines) is 1. The van der Waals surface area contributed by atoms with Gasteiger partial charge in [-0.1, -0.05) is 0 Å². The maximum absolute atomic E-state index is 12.0. The zero-order chi connectivity index (χ0) is 14.6. The fraction of sp³-hybridized carbons (Fsp3) is 0.846. The van der Waals surface area contributed by atoms with E-state index in [0.29, 0.717) is 13.1 Å². The molecule has 1 heterocycles. The van der Waals surface area contributed by atoms with Crippen molar-refractivity contribution in [2.75, 3.05) is 27.2 Å². The summed E-state index contributed by atoms with van der Waals surface area (Å²) in [6.45, 7) is 6.51. The van der Waals surface area contributed by atoms with E-state index in [1.165, 1.54) is 12.2 Å². The number of ether oxygens (including phenoxy) is 1. The predicted molar refractivity (Wildman–Crippen MR) is 70.3 cm³/mol. The third kappa shape index (κ3) is 4.70. The van der Waals surface area contributed by atoms with Crippen molar-refractivity contribution in [1.29, 1.82) is 0 Å². The second-order valence-electron chi connectivity index (χ2n) is 5.78. The van der Waals surface area contributed by atoms with E-state index >= 15 is 0 Å². The minimum absolute atomic E-state index is 0.101. The molecule has 0 N–H and O–H groups in total. The first-order valence-electron chi connectivity index (χ1n) is 6.54. The zero-order valence-corrected chi connectivity index (χ0v) is 12.4. The molecule has 110 valence electrons. The quantitative estimate of drug-likeness (QED) is 0.717. The average Bonchev–Trinajstić information content (AvgIpc) is 2.35. The number of nitrogens with zero attached hydrogens (tertiary/aromatic N) is 2. The highest BCUT2D eigenvalue weighted by Gasteiger charge is 2.32. The molecule has 1 fully saturated rings. The van der Waals surface area contributed by atoms with Crippen molar-refractivity contribution in [3.05, 3.63) is 0 Å². The lowest BCUT2D eigenvalue weighted by molar-refractivity contribution is -0.174. The van der Waals surface area contributed by atoms with Gasteiger partial charge in [0.15, 0.2) is 0 Å². The van der Waals surface area contributed by atoms with Crippen molar-refractivity contribution in [3.8, 4) is 0 Å². The molecule has 1 atom stereocenters. The fourth-order valence-corrected chi connectivity index (χ4v) is 2.02. The van der Waals surface area contributed by atoms with E-state index in [0.717, 1.165) is 12.8 Å². The maximum atomic E-state index is 12.0. The van der Waals surface area contributed by atoms with E-state index in [1.807, 2.05) is 20.8 Å². The Labute approximate surface area is 114 Å². The third-order valence-corrected chi connectivity index (χ3v) is 3.01. The average molecular weight is 272 g/mol. The number of hydroxylamine groups is 2. The Hall–Kier alpha value is -1.30. The second-order valence-corrected chi connectivity index (χ2v) is 5.78. The normalized spacial score (nSPS) is 20.1. The number of carbonyl (C=O) groups excluding carboxylic acids is 2. The van der Waals surface area contributed by atoms with Gasteiger partial charge < -0.3 is 9.64 Å². The zero-order valence-electron chi connectivity index (χ0n) is 12.4. The van der Waals surface area contributed by atoms with Gasteiger partial charge in [-0.15, -0.1) is 0 Å². The molecular weight excluding hydrogens is 248 g/mol. The minimum atomic E-state index is -0.517. The number of carbonyl (C=O) groups is 2. The van der Waals surface area contributed by atoms with Crippen LogP contribution in [0.1, 0.15) is 33.6 Å². The highest BCUT2D eigenvalue weighted by Crippen LogP contribution is 2.20. The van der Waals surface area contributed by atoms with E-state index in [-0.39, 0.29) is 17.9 Å². The Morgan fingerprint density at radius 1 is 1.32 bits per heavy atom. The van der Waals surface area contributed by atoms with Gasteiger partial charge in [0, 0.05) is 20.1 Å². The Kier molecular flexibility index (Phi) is 5.17. The van der Waals surface area contributed by atoms with Crippen LogP contribution in [0.2, 0.25) is 0 Å². The van der Waals surface area contributed by atoms with Gasteiger partial charge in [-0.05, 0) is 33.6 Å². The van der Waals surface area contributed by atoms with Crippen LogP contribution in [0.3, 0.4) is 0 Å². The topological polar surface area (TPSA) is 59.1 Å². The predicted octanol–water partition coefficient (Wildman–Crippen LogP) is 1.65. The molecule has 1 aliphatic rings. The van der Waals surface area contributed by atoms with Gasteiger partial charge in [-0.25, -0.2) is 9.86 Å². The summed E-state index contributed by atoms with van der Waals surface area (Å²) in [4.78, 5) is 30.5. The smallest absolute Gasteiger partial charge is 0.410 e. The van der Waals surface area contributed by atoms with Gasteiger partial charge in [-0.2, -0.15) is 0 Å². The third-order valence-electron chi connectivity index (χ3n) is 3.01. The molecule has 1 rings (SSSR count). The highest BCUT2D eigenvalue weighted by atomic mass is 16.7. The summed E-state index contributed by atoms with van der Waals surface area (Å²) < 4.78 is 5.32. The van der Waals surface area contributed by atoms with Crippen LogP contribution in [0.15, 0.2) is 0 Å². The van der Waals surface area contributed by atoms with Crippen LogP contribution in [0, 0.1) is 5.92 Å². The second kappa shape index (κ2) is 6.23. The van der Waals surface area contributed by atoms with Gasteiger partial charge in [0.25, 0.3) is 5.91 Å². The molecule has 1 saturated heterocycles. The monoisotopic (exact) mass is 272 g/mol. The number of hydrogen-bond acceptors (Lipinski definition) is 4. The standard InChI is InChI=1S/C13H24N2O4/c1-13(2,3)19-12(17)15-8-6-7-10(9-15)11(16)14(4)18-5/h10H,6-9H2,1-5H3/t10-/m0/s1. The Morgan fingerprint density at radius 2 is 1.95 bits per heavy atom. The number of amides is 2. The number of hydrogen-bond donors (Lipinski definition) is 0. The molecule has 6 nitrogen and oxygen atoms in total. The van der Waals surface area contributed by atoms with Gasteiger partial charge in [-0.3, -0.25) is 9.63 Å². The van der Waals surface area contributed by atoms with Gasteiger partial charge in [0.05, 0.1) is 13.0 Å². The molecule has 0 aliphatic carbocycles. The highest BCUT2D eigenvalue weighted by molar-refractivity contribution is 5.79. The summed E-state index contributed by atoms with van der Waals surface area (Å²) in [5, 5.41) is 1.21. The molecule has 0 radical (unpaired) electrons. The molecule has 0 saturated carbocycles. The van der Waals surface area contributed by atoms with E-state index in [2.05, 4.69) is 0 Å². The van der Waals surface area contributed by atoms with Crippen LogP contribution < -0.4 is 0 Å². The first-order chi connectivity index (χ1) is 8.74. The molecular formula is C13H24N2O4. The summed E-state index contributed by atoms with van der Waals surface area (Å²) in [5.41, 5.74) is -0.517. The van der Waals surface area contributed by atoms with Crippen LogP contribution in [-0.2, 0) is 14.4 Å². The van der Waals surface area contributed by atoms with Crippen molar-refractivity contribution in [1.82, 2.24) is 9.96 Å². The molecule has 19 heavy (non-hydrogen) atoms. The van der Waals surface area contributed by atoms with Crippen molar-refractivity contribution in [2.24, 2.45) is 5.92 Å². The van der Waals surface area contributed by atoms with E-state index in [1.54, 1.807) is 11.9 Å². The van der Waals surface area contributed by atoms with Crippen molar-refractivity contribution >= 4 is 12.0 Å². The van der Waals surface area contributed by atoms with Crippen LogP contribution in [0.4, 0.5) is 4.79 Å². The van der Waals surface area contributed by atoms with Crippen molar-refractivity contribution in [3.63, 3.8) is 0 Å². The summed E-state index contributed by atoms with van der Waals surface area (Å²) in [6, 6.07) is 0. The first kappa shape index (κ1) is 15.8. The Bertz CT molecular complexity index is 338. The summed E-state index contributed by atoms with van der Waals surface area (Å²) >= 11 is 0. The van der Waals surface area contributed by atoms with Crippen LogP contribution in [-0.4, -0.2) is 54.8 Å². The molecule has 0 aromatic heterocycles. The SMILES string of the molecule is CON(C)C(=O)[C@H]1CCCN(C(=O)OC(C)(C)C)C1. The van der Waals surface area contributed by atoms with Crippen LogP contribution >= 0.6 is 0 Å². The van der Waals surface area contributed by atoms with Gasteiger partial charge in [0.2, 0.25) is 0 Å². The van der Waals surface area contributed by atoms with Gasteiger partial charge >= 0.3 is 6.09 Å². The lowest BCUT2D eigenvalue weighted by Crippen LogP contribution is -2.47. The maximum Gasteiger partial charge on any atom is 0.410 e. The molecule has 0 aromatic carbocycles. The van der Waals surface area contributed by atoms with Crippen LogP contribution in [0.25, 0.3) is 0 Å². The molecule has 1 aliphatic heterocycles. The number of rotatable bonds is 2. The fourth-order valence-electron chi connectivity index (χ4n) is 2.02. The van der Waals surface area contributed by atoms with E-state index in [9.17, 15) is 9.59 Å². The molecule has 6 heteroatoms. The molecule has 0 spiro atoms. The van der Waals surface area contributed by atoms with Crippen LogP contribution in [0.5, 0.6) is 0 Å². The van der Waals surface area contributed by atoms with E-state index < -0.39 is 5.60 Å². The molecule has 0 unspecified atom stereocenters. The summed E-state index contributed by atoms with van der Waals surface area (Å²) in [5.74, 6) is -0.318. The largest absolute Gasteiger partial charge is 0.444 e. The molecule has 2 amide bonds. The first-order valence-corrected chi connectivity index (χ1v) is 6.54. The Balaban J connectivity index is 2.59. The Morgan fingerprint density at radius 3 is 2.47 bits per heavy atom. The molecule has 0 aromatic rings. The molecule has 0 bridgehead atoms. The summed E-state index contributed by atoms with van der Waals surface area (Å²) in [7, 11) is 3.03. The minimum Gasteiger partial charge on any atom is -0.444 e.